The number of aliphatic carboxylic acids is 1. The highest BCUT2D eigenvalue weighted by Crippen LogP contribution is 2.37. The molecule has 0 aliphatic heterocycles. The predicted octanol–water partition coefficient (Wildman–Crippen LogP) is 6.57. The van der Waals surface area contributed by atoms with E-state index in [1.807, 2.05) is 0 Å². The van der Waals surface area contributed by atoms with Gasteiger partial charge in [0.2, 0.25) is 0 Å². The molecule has 8 nitrogen and oxygen atoms in total. The van der Waals surface area contributed by atoms with E-state index in [2.05, 4.69) is 20.7 Å². The Morgan fingerprint density at radius 3 is 2.27 bits per heavy atom. The highest BCUT2D eigenvalue weighted by Gasteiger charge is 2.33. The van der Waals surface area contributed by atoms with Gasteiger partial charge in [-0.1, -0.05) is 18.2 Å². The summed E-state index contributed by atoms with van der Waals surface area (Å²) in [5.74, 6) is -2.18. The van der Waals surface area contributed by atoms with Crippen LogP contribution >= 0.6 is 23.1 Å². The van der Waals surface area contributed by atoms with Crippen molar-refractivity contribution in [2.45, 2.75) is 35.6 Å². The molecule has 0 fully saturated rings. The van der Waals surface area contributed by atoms with Gasteiger partial charge >= 0.3 is 23.9 Å². The first-order valence-electron chi connectivity index (χ1n) is 11.6. The van der Waals surface area contributed by atoms with Gasteiger partial charge in [-0.2, -0.15) is 13.2 Å². The van der Waals surface area contributed by atoms with Crippen LogP contribution in [0.15, 0.2) is 65.6 Å². The molecule has 0 spiro atoms. The second-order valence-corrected chi connectivity index (χ2v) is 10.4. The van der Waals surface area contributed by atoms with Gasteiger partial charge < -0.3 is 25.8 Å². The number of hydrogen-bond acceptors (Lipinski definition) is 6. The number of anilines is 1. The maximum Gasteiger partial charge on any atom is 0.573 e. The maximum absolute atomic E-state index is 13.0. The van der Waals surface area contributed by atoms with Gasteiger partial charge in [0.05, 0.1) is 17.3 Å². The van der Waals surface area contributed by atoms with Gasteiger partial charge in [0, 0.05) is 28.4 Å². The maximum atomic E-state index is 13.0. The van der Waals surface area contributed by atoms with Crippen molar-refractivity contribution < 1.29 is 50.6 Å². The summed E-state index contributed by atoms with van der Waals surface area (Å²) in [4.78, 5) is 36.3. The number of halogens is 6. The van der Waals surface area contributed by atoms with Crippen LogP contribution in [0, 0.1) is 0 Å². The SMILES string of the molecule is O=C(O)CCNC(=O)c1ccc(C(Cc2ccccc2OC(F)(F)F)NC(=O)Nc2ccc(SC(F)(F)F)cc2)s1. The number of carboxylic acid groups (broad SMARTS) is 1. The van der Waals surface area contributed by atoms with Gasteiger partial charge in [-0.25, -0.2) is 4.79 Å². The Hall–Kier alpha value is -3.92. The van der Waals surface area contributed by atoms with E-state index in [0.717, 1.165) is 29.5 Å². The quantitative estimate of drug-likeness (QED) is 0.142. The second-order valence-electron chi connectivity index (χ2n) is 8.18. The number of rotatable bonds is 11. The van der Waals surface area contributed by atoms with Crippen molar-refractivity contribution >= 4 is 46.7 Å². The highest BCUT2D eigenvalue weighted by molar-refractivity contribution is 8.00. The first kappa shape index (κ1) is 31.6. The molecule has 0 saturated carbocycles. The molecule has 0 saturated heterocycles. The summed E-state index contributed by atoms with van der Waals surface area (Å²) < 4.78 is 80.7. The Balaban J connectivity index is 1.80. The normalized spacial score (nSPS) is 12.3. The van der Waals surface area contributed by atoms with Gasteiger partial charge in [-0.05, 0) is 59.8 Å². The molecule has 16 heteroatoms. The van der Waals surface area contributed by atoms with Crippen molar-refractivity contribution in [3.8, 4) is 5.75 Å². The van der Waals surface area contributed by atoms with Crippen LogP contribution in [0.2, 0.25) is 0 Å². The Morgan fingerprint density at radius 1 is 0.951 bits per heavy atom. The van der Waals surface area contributed by atoms with E-state index in [1.165, 1.54) is 42.5 Å². The zero-order valence-corrected chi connectivity index (χ0v) is 22.3. The molecule has 3 aromatic rings. The Morgan fingerprint density at radius 2 is 1.63 bits per heavy atom. The number of carbonyl (C=O) groups excluding carboxylic acids is 2. The minimum Gasteiger partial charge on any atom is -0.481 e. The Bertz CT molecular complexity index is 1360. The number of thiophene rings is 1. The van der Waals surface area contributed by atoms with Crippen LogP contribution in [0.5, 0.6) is 5.75 Å². The molecule has 0 aliphatic carbocycles. The number of urea groups is 1. The van der Waals surface area contributed by atoms with E-state index >= 15 is 0 Å². The third-order valence-electron chi connectivity index (χ3n) is 5.09. The monoisotopic (exact) mass is 621 g/mol. The number of alkyl halides is 6. The van der Waals surface area contributed by atoms with E-state index < -0.39 is 41.6 Å². The third-order valence-corrected chi connectivity index (χ3v) is 7.03. The first-order valence-corrected chi connectivity index (χ1v) is 13.2. The summed E-state index contributed by atoms with van der Waals surface area (Å²) in [5.41, 5.74) is -4.25. The molecule has 0 aliphatic rings. The van der Waals surface area contributed by atoms with Crippen molar-refractivity contribution in [2.75, 3.05) is 11.9 Å². The van der Waals surface area contributed by atoms with Crippen LogP contribution in [0.3, 0.4) is 0 Å². The van der Waals surface area contributed by atoms with Crippen molar-refractivity contribution in [1.82, 2.24) is 10.6 Å². The Labute approximate surface area is 237 Å². The van der Waals surface area contributed by atoms with Gasteiger partial charge in [-0.3, -0.25) is 9.59 Å². The number of hydrogen-bond donors (Lipinski definition) is 4. The smallest absolute Gasteiger partial charge is 0.481 e. The lowest BCUT2D eigenvalue weighted by atomic mass is 10.0. The largest absolute Gasteiger partial charge is 0.573 e. The molecule has 4 N–H and O–H groups in total. The lowest BCUT2D eigenvalue weighted by molar-refractivity contribution is -0.274. The predicted molar refractivity (Wildman–Crippen MR) is 139 cm³/mol. The number of benzene rings is 2. The molecule has 220 valence electrons. The average molecular weight is 622 g/mol. The summed E-state index contributed by atoms with van der Waals surface area (Å²) in [6.45, 7) is -0.131. The molecule has 2 aromatic carbocycles. The summed E-state index contributed by atoms with van der Waals surface area (Å²) in [7, 11) is 0. The zero-order valence-electron chi connectivity index (χ0n) is 20.6. The lowest BCUT2D eigenvalue weighted by Gasteiger charge is -2.20. The Kier molecular flexibility index (Phi) is 10.5. The fourth-order valence-corrected chi connectivity index (χ4v) is 4.95. The number of thioether (sulfide) groups is 1. The molecular weight excluding hydrogens is 600 g/mol. The lowest BCUT2D eigenvalue weighted by Crippen LogP contribution is -2.33. The molecule has 0 radical (unpaired) electrons. The van der Waals surface area contributed by atoms with Gasteiger partial charge in [-0.15, -0.1) is 24.5 Å². The van der Waals surface area contributed by atoms with Crippen molar-refractivity contribution in [3.63, 3.8) is 0 Å². The zero-order chi connectivity index (χ0) is 30.2. The number of para-hydroxylation sites is 1. The summed E-state index contributed by atoms with van der Waals surface area (Å²) in [5, 5.41) is 16.2. The number of nitrogens with one attached hydrogen (secondary N) is 3. The first-order chi connectivity index (χ1) is 19.2. The second kappa shape index (κ2) is 13.6. The fourth-order valence-electron chi connectivity index (χ4n) is 3.44. The summed E-state index contributed by atoms with van der Waals surface area (Å²) in [6, 6.07) is 11.2. The van der Waals surface area contributed by atoms with E-state index in [0.29, 0.717) is 4.88 Å². The van der Waals surface area contributed by atoms with Gasteiger partial charge in [0.1, 0.15) is 5.75 Å². The number of carbonyl (C=O) groups is 3. The van der Waals surface area contributed by atoms with Gasteiger partial charge in [0.15, 0.2) is 0 Å². The van der Waals surface area contributed by atoms with E-state index in [-0.39, 0.29) is 52.2 Å². The number of amides is 3. The van der Waals surface area contributed by atoms with Crippen LogP contribution in [0.25, 0.3) is 0 Å². The molecular formula is C25H21F6N3O5S2. The molecule has 41 heavy (non-hydrogen) atoms. The molecule has 1 atom stereocenters. The van der Waals surface area contributed by atoms with Crippen LogP contribution in [-0.2, 0) is 11.2 Å². The molecule has 3 amide bonds. The fraction of sp³-hybridized carbons (Fsp3) is 0.240. The van der Waals surface area contributed by atoms with Crippen molar-refractivity contribution in [2.24, 2.45) is 0 Å². The van der Waals surface area contributed by atoms with Crippen LogP contribution < -0.4 is 20.7 Å². The third kappa shape index (κ3) is 10.9. The summed E-state index contributed by atoms with van der Waals surface area (Å²) >= 11 is 0.600. The number of carboxylic acids is 1. The van der Waals surface area contributed by atoms with Crippen molar-refractivity contribution in [3.05, 3.63) is 76.0 Å². The molecule has 0 bridgehead atoms. The molecule has 1 heterocycles. The van der Waals surface area contributed by atoms with Gasteiger partial charge in [0.25, 0.3) is 5.91 Å². The van der Waals surface area contributed by atoms with Crippen LogP contribution in [-0.4, -0.2) is 41.4 Å². The minimum atomic E-state index is -4.98. The number of ether oxygens (including phenoxy) is 1. The average Bonchev–Trinajstić information content (AvgIpc) is 3.34. The molecule has 1 unspecified atom stereocenters. The van der Waals surface area contributed by atoms with E-state index in [9.17, 15) is 40.7 Å². The minimum absolute atomic E-state index is 0.0875. The van der Waals surface area contributed by atoms with E-state index in [1.54, 1.807) is 0 Å². The molecule has 3 rings (SSSR count). The van der Waals surface area contributed by atoms with E-state index in [4.69, 9.17) is 5.11 Å². The standard InChI is InChI=1S/C25H21F6N3O5S2/c26-24(27,28)39-18-4-2-1-3-14(18)13-17(19-9-10-20(40-19)22(37)32-12-11-21(35)36)34-23(38)33-15-5-7-16(8-6-15)41-25(29,30)31/h1-10,17H,11-13H2,(H,32,37)(H,35,36)(H2,33,34,38). The molecule has 1 aromatic heterocycles. The highest BCUT2D eigenvalue weighted by atomic mass is 32.2. The van der Waals surface area contributed by atoms with Crippen molar-refractivity contribution in [1.29, 1.82) is 0 Å². The van der Waals surface area contributed by atoms with Crippen LogP contribution in [0.1, 0.15) is 32.6 Å². The summed E-state index contributed by atoms with van der Waals surface area (Å²) in [6.07, 6.45) is -5.47. The topological polar surface area (TPSA) is 117 Å². The van der Waals surface area contributed by atoms with Crippen LogP contribution in [0.4, 0.5) is 36.8 Å².